The van der Waals surface area contributed by atoms with Gasteiger partial charge in [-0.15, -0.1) is 0 Å². The fraction of sp³-hybridized carbons (Fsp3) is 0.412. The zero-order valence-electron chi connectivity index (χ0n) is 14.6. The SMILES string of the molecule is CCNC(=NCc1cn(C)nc1C(F)(F)F)NCCc1ccc(Cl)cc1. The molecule has 0 amide bonds. The zero-order valence-corrected chi connectivity index (χ0v) is 15.3. The maximum atomic E-state index is 13.0. The van der Waals surface area contributed by atoms with Gasteiger partial charge in [-0.1, -0.05) is 23.7 Å². The first-order chi connectivity index (χ1) is 12.3. The van der Waals surface area contributed by atoms with Gasteiger partial charge in [0.15, 0.2) is 11.7 Å². The van der Waals surface area contributed by atoms with Crippen molar-refractivity contribution in [1.29, 1.82) is 0 Å². The highest BCUT2D eigenvalue weighted by atomic mass is 35.5. The number of hydrogen-bond donors (Lipinski definition) is 2. The van der Waals surface area contributed by atoms with E-state index in [2.05, 4.69) is 20.7 Å². The van der Waals surface area contributed by atoms with Crippen LogP contribution in [0.25, 0.3) is 0 Å². The molecule has 2 N–H and O–H groups in total. The van der Waals surface area contributed by atoms with Crippen molar-refractivity contribution in [1.82, 2.24) is 20.4 Å². The smallest absolute Gasteiger partial charge is 0.357 e. The summed E-state index contributed by atoms with van der Waals surface area (Å²) in [5, 5.41) is 10.3. The van der Waals surface area contributed by atoms with E-state index in [-0.39, 0.29) is 12.1 Å². The number of hydrogen-bond acceptors (Lipinski definition) is 2. The van der Waals surface area contributed by atoms with Gasteiger partial charge in [0.05, 0.1) is 6.54 Å². The molecule has 5 nitrogen and oxygen atoms in total. The lowest BCUT2D eigenvalue weighted by atomic mass is 10.1. The van der Waals surface area contributed by atoms with Crippen LogP contribution in [0.3, 0.4) is 0 Å². The second-order valence-electron chi connectivity index (χ2n) is 5.67. The Morgan fingerprint density at radius 3 is 2.54 bits per heavy atom. The minimum Gasteiger partial charge on any atom is -0.357 e. The third-order valence-electron chi connectivity index (χ3n) is 3.54. The van der Waals surface area contributed by atoms with Crippen LogP contribution in [0.15, 0.2) is 35.5 Å². The number of nitrogens with zero attached hydrogens (tertiary/aromatic N) is 3. The number of aromatic nitrogens is 2. The normalized spacial score (nSPS) is 12.3. The number of nitrogens with one attached hydrogen (secondary N) is 2. The van der Waals surface area contributed by atoms with Crippen molar-refractivity contribution in [3.63, 3.8) is 0 Å². The topological polar surface area (TPSA) is 54.2 Å². The average molecular weight is 388 g/mol. The van der Waals surface area contributed by atoms with Gasteiger partial charge in [0.2, 0.25) is 0 Å². The highest BCUT2D eigenvalue weighted by Crippen LogP contribution is 2.30. The highest BCUT2D eigenvalue weighted by Gasteiger charge is 2.36. The molecule has 2 aromatic rings. The molecule has 0 atom stereocenters. The number of aryl methyl sites for hydroxylation is 1. The van der Waals surface area contributed by atoms with E-state index in [1.54, 1.807) is 0 Å². The lowest BCUT2D eigenvalue weighted by Crippen LogP contribution is -2.38. The summed E-state index contributed by atoms with van der Waals surface area (Å²) in [6.45, 7) is 2.97. The van der Waals surface area contributed by atoms with Crippen molar-refractivity contribution >= 4 is 17.6 Å². The lowest BCUT2D eigenvalue weighted by molar-refractivity contribution is -0.142. The Bertz CT molecular complexity index is 738. The van der Waals surface area contributed by atoms with Crippen LogP contribution >= 0.6 is 11.6 Å². The maximum Gasteiger partial charge on any atom is 0.435 e. The van der Waals surface area contributed by atoms with Crippen LogP contribution in [0.4, 0.5) is 13.2 Å². The number of rotatable bonds is 6. The number of alkyl halides is 3. The van der Waals surface area contributed by atoms with Crippen molar-refractivity contribution < 1.29 is 13.2 Å². The van der Waals surface area contributed by atoms with Gasteiger partial charge in [0.25, 0.3) is 0 Å². The number of benzene rings is 1. The Hall–Kier alpha value is -2.22. The Kier molecular flexibility index (Phi) is 6.90. The van der Waals surface area contributed by atoms with Crippen LogP contribution in [-0.2, 0) is 26.2 Å². The van der Waals surface area contributed by atoms with Crippen molar-refractivity contribution in [2.24, 2.45) is 12.0 Å². The molecule has 2 rings (SSSR count). The van der Waals surface area contributed by atoms with Crippen LogP contribution in [0.2, 0.25) is 5.02 Å². The van der Waals surface area contributed by atoms with Gasteiger partial charge in [-0.25, -0.2) is 4.99 Å². The second-order valence-corrected chi connectivity index (χ2v) is 6.11. The van der Waals surface area contributed by atoms with E-state index in [1.165, 1.54) is 13.2 Å². The molecule has 0 aliphatic carbocycles. The molecule has 9 heteroatoms. The molecular weight excluding hydrogens is 367 g/mol. The zero-order chi connectivity index (χ0) is 19.2. The molecule has 0 saturated heterocycles. The summed E-state index contributed by atoms with van der Waals surface area (Å²) in [6.07, 6.45) is -2.42. The van der Waals surface area contributed by atoms with Crippen molar-refractivity contribution in [2.45, 2.75) is 26.1 Å². The molecule has 0 saturated carbocycles. The van der Waals surface area contributed by atoms with Gasteiger partial charge in [0, 0.05) is 36.9 Å². The minimum atomic E-state index is -4.49. The Balaban J connectivity index is 1.99. The van der Waals surface area contributed by atoms with Gasteiger partial charge < -0.3 is 10.6 Å². The molecular formula is C17H21ClF3N5. The van der Waals surface area contributed by atoms with E-state index in [1.807, 2.05) is 31.2 Å². The van der Waals surface area contributed by atoms with E-state index in [4.69, 9.17) is 11.6 Å². The molecule has 26 heavy (non-hydrogen) atoms. The van der Waals surface area contributed by atoms with E-state index >= 15 is 0 Å². The summed E-state index contributed by atoms with van der Waals surface area (Å²) in [4.78, 5) is 4.24. The Morgan fingerprint density at radius 2 is 1.92 bits per heavy atom. The van der Waals surface area contributed by atoms with Crippen LogP contribution in [0.5, 0.6) is 0 Å². The third kappa shape index (κ3) is 5.94. The molecule has 1 aromatic carbocycles. The largest absolute Gasteiger partial charge is 0.435 e. The maximum absolute atomic E-state index is 13.0. The highest BCUT2D eigenvalue weighted by molar-refractivity contribution is 6.30. The van der Waals surface area contributed by atoms with Crippen LogP contribution in [-0.4, -0.2) is 28.8 Å². The summed E-state index contributed by atoms with van der Waals surface area (Å²) < 4.78 is 40.1. The molecule has 0 aliphatic heterocycles. The van der Waals surface area contributed by atoms with E-state index in [9.17, 15) is 13.2 Å². The van der Waals surface area contributed by atoms with Crippen LogP contribution in [0, 0.1) is 0 Å². The summed E-state index contributed by atoms with van der Waals surface area (Å²) >= 11 is 5.85. The average Bonchev–Trinajstić information content (AvgIpc) is 2.95. The van der Waals surface area contributed by atoms with Crippen molar-refractivity contribution in [3.05, 3.63) is 52.3 Å². The summed E-state index contributed by atoms with van der Waals surface area (Å²) in [5.74, 6) is 0.457. The van der Waals surface area contributed by atoms with E-state index < -0.39 is 11.9 Å². The third-order valence-corrected chi connectivity index (χ3v) is 3.80. The fourth-order valence-corrected chi connectivity index (χ4v) is 2.50. The Morgan fingerprint density at radius 1 is 1.23 bits per heavy atom. The molecule has 1 heterocycles. The first-order valence-electron chi connectivity index (χ1n) is 8.16. The fourth-order valence-electron chi connectivity index (χ4n) is 2.37. The van der Waals surface area contributed by atoms with Crippen LogP contribution in [0.1, 0.15) is 23.7 Å². The summed E-state index contributed by atoms with van der Waals surface area (Å²) in [5.41, 5.74) is 0.236. The molecule has 142 valence electrons. The molecule has 0 spiro atoms. The number of guanidine groups is 1. The molecule has 1 aromatic heterocycles. The van der Waals surface area contributed by atoms with E-state index in [0.29, 0.717) is 24.1 Å². The van der Waals surface area contributed by atoms with Gasteiger partial charge in [-0.2, -0.15) is 18.3 Å². The van der Waals surface area contributed by atoms with Crippen molar-refractivity contribution in [2.75, 3.05) is 13.1 Å². The van der Waals surface area contributed by atoms with Crippen LogP contribution < -0.4 is 10.6 Å². The molecule has 0 aliphatic rings. The molecule has 0 unspecified atom stereocenters. The quantitative estimate of drug-likeness (QED) is 0.590. The first kappa shape index (κ1) is 20.1. The number of aliphatic imine (C=N–C) groups is 1. The van der Waals surface area contributed by atoms with Crippen molar-refractivity contribution in [3.8, 4) is 0 Å². The van der Waals surface area contributed by atoms with Gasteiger partial charge in [0.1, 0.15) is 0 Å². The van der Waals surface area contributed by atoms with E-state index in [0.717, 1.165) is 16.7 Å². The first-order valence-corrected chi connectivity index (χ1v) is 8.53. The summed E-state index contributed by atoms with van der Waals surface area (Å²) in [6, 6.07) is 7.49. The lowest BCUT2D eigenvalue weighted by Gasteiger charge is -2.11. The van der Waals surface area contributed by atoms with Gasteiger partial charge >= 0.3 is 6.18 Å². The van der Waals surface area contributed by atoms with Gasteiger partial charge in [-0.3, -0.25) is 4.68 Å². The minimum absolute atomic E-state index is 0.0369. The standard InChI is InChI=1S/C17H21ClF3N5/c1-3-22-16(23-9-8-12-4-6-14(18)7-5-12)24-10-13-11-26(2)25-15(13)17(19,20)21/h4-7,11H,3,8-10H2,1-2H3,(H2,22,23,24). The summed E-state index contributed by atoms with van der Waals surface area (Å²) in [7, 11) is 1.46. The second kappa shape index (κ2) is 8.93. The molecule has 0 fully saturated rings. The Labute approximate surface area is 155 Å². The molecule has 0 bridgehead atoms. The predicted molar refractivity (Wildman–Crippen MR) is 96.2 cm³/mol. The predicted octanol–water partition coefficient (Wildman–Crippen LogP) is 3.39. The molecule has 0 radical (unpaired) electrons. The monoisotopic (exact) mass is 387 g/mol. The van der Waals surface area contributed by atoms with Gasteiger partial charge in [-0.05, 0) is 31.0 Å². The number of halogens is 4.